The van der Waals surface area contributed by atoms with Gasteiger partial charge in [0.25, 0.3) is 0 Å². The summed E-state index contributed by atoms with van der Waals surface area (Å²) < 4.78 is 13.2. The Hall–Kier alpha value is -2.31. The maximum absolute atomic E-state index is 13.2. The van der Waals surface area contributed by atoms with Gasteiger partial charge in [0.15, 0.2) is 5.13 Å². The number of carbonyl (C=O) groups is 1. The van der Waals surface area contributed by atoms with E-state index in [4.69, 9.17) is 0 Å². The Morgan fingerprint density at radius 2 is 2.14 bits per heavy atom. The van der Waals surface area contributed by atoms with Crippen LogP contribution in [0.5, 0.6) is 0 Å². The maximum atomic E-state index is 13.2. The summed E-state index contributed by atoms with van der Waals surface area (Å²) in [5.41, 5.74) is 1.33. The Morgan fingerprint density at radius 3 is 2.91 bits per heavy atom. The molecule has 0 spiro atoms. The molecule has 2 aromatic heterocycles. The van der Waals surface area contributed by atoms with E-state index in [-0.39, 0.29) is 11.7 Å². The van der Waals surface area contributed by atoms with Gasteiger partial charge < -0.3 is 0 Å². The SMILES string of the molecule is O=C(/C=C/c1cccs1)Nc1nc(-c2cccc(F)c2)cs1. The molecule has 0 bridgehead atoms. The highest BCUT2D eigenvalue weighted by Crippen LogP contribution is 2.25. The monoisotopic (exact) mass is 330 g/mol. The van der Waals surface area contributed by atoms with Crippen molar-refractivity contribution in [3.8, 4) is 11.3 Å². The summed E-state index contributed by atoms with van der Waals surface area (Å²) in [5.74, 6) is -0.552. The molecule has 0 radical (unpaired) electrons. The molecule has 0 unspecified atom stereocenters. The Morgan fingerprint density at radius 1 is 1.23 bits per heavy atom. The van der Waals surface area contributed by atoms with Gasteiger partial charge in [-0.25, -0.2) is 9.37 Å². The van der Waals surface area contributed by atoms with Gasteiger partial charge in [0.05, 0.1) is 5.69 Å². The number of hydrogen-bond donors (Lipinski definition) is 1. The van der Waals surface area contributed by atoms with Gasteiger partial charge in [-0.05, 0) is 29.7 Å². The quantitative estimate of drug-likeness (QED) is 0.707. The first-order valence-corrected chi connectivity index (χ1v) is 8.21. The molecule has 0 fully saturated rings. The van der Waals surface area contributed by atoms with Gasteiger partial charge in [-0.1, -0.05) is 18.2 Å². The number of aromatic nitrogens is 1. The average molecular weight is 330 g/mol. The smallest absolute Gasteiger partial charge is 0.250 e. The first kappa shape index (κ1) is 14.6. The molecular formula is C16H11FN2OS2. The zero-order valence-electron chi connectivity index (χ0n) is 11.3. The van der Waals surface area contributed by atoms with E-state index < -0.39 is 0 Å². The maximum Gasteiger partial charge on any atom is 0.250 e. The molecule has 0 aliphatic rings. The summed E-state index contributed by atoms with van der Waals surface area (Å²) in [7, 11) is 0. The lowest BCUT2D eigenvalue weighted by molar-refractivity contribution is -0.111. The summed E-state index contributed by atoms with van der Waals surface area (Å²) in [5, 5.41) is 6.92. The number of hydrogen-bond acceptors (Lipinski definition) is 4. The van der Waals surface area contributed by atoms with Crippen LogP contribution >= 0.6 is 22.7 Å². The molecule has 0 saturated heterocycles. The predicted molar refractivity (Wildman–Crippen MR) is 89.5 cm³/mol. The van der Waals surface area contributed by atoms with Crippen molar-refractivity contribution < 1.29 is 9.18 Å². The van der Waals surface area contributed by atoms with Crippen LogP contribution in [0.1, 0.15) is 4.88 Å². The van der Waals surface area contributed by atoms with Crippen LogP contribution in [-0.2, 0) is 4.79 Å². The molecule has 1 aromatic carbocycles. The number of rotatable bonds is 4. The number of thiazole rings is 1. The number of thiophene rings is 1. The highest BCUT2D eigenvalue weighted by molar-refractivity contribution is 7.14. The molecule has 110 valence electrons. The predicted octanol–water partition coefficient (Wildman–Crippen LogP) is 4.66. The number of nitrogens with one attached hydrogen (secondary N) is 1. The van der Waals surface area contributed by atoms with Crippen molar-refractivity contribution in [2.24, 2.45) is 0 Å². The third-order valence-corrected chi connectivity index (χ3v) is 4.39. The second-order valence-electron chi connectivity index (χ2n) is 4.39. The van der Waals surface area contributed by atoms with Gasteiger partial charge >= 0.3 is 0 Å². The largest absolute Gasteiger partial charge is 0.298 e. The lowest BCUT2D eigenvalue weighted by Gasteiger charge is -1.97. The molecule has 0 saturated carbocycles. The van der Waals surface area contributed by atoms with Crippen molar-refractivity contribution in [3.05, 3.63) is 63.9 Å². The summed E-state index contributed by atoms with van der Waals surface area (Å²) in [6.07, 6.45) is 3.22. The standard InChI is InChI=1S/C16H11FN2OS2/c17-12-4-1-3-11(9-12)14-10-22-16(18-14)19-15(20)7-6-13-5-2-8-21-13/h1-10H,(H,18,19,20)/b7-6+. The molecule has 3 rings (SSSR count). The molecule has 3 nitrogen and oxygen atoms in total. The lowest BCUT2D eigenvalue weighted by Crippen LogP contribution is -2.07. The minimum Gasteiger partial charge on any atom is -0.298 e. The van der Waals surface area contributed by atoms with Crippen LogP contribution in [0.15, 0.2) is 53.2 Å². The van der Waals surface area contributed by atoms with Crippen molar-refractivity contribution in [1.82, 2.24) is 4.98 Å². The molecule has 0 aliphatic carbocycles. The topological polar surface area (TPSA) is 42.0 Å². The highest BCUT2D eigenvalue weighted by Gasteiger charge is 2.07. The number of carbonyl (C=O) groups excluding carboxylic acids is 1. The second-order valence-corrected chi connectivity index (χ2v) is 6.22. The molecule has 0 aliphatic heterocycles. The minimum atomic E-state index is -0.310. The zero-order chi connectivity index (χ0) is 15.4. The van der Waals surface area contributed by atoms with Crippen molar-refractivity contribution in [2.45, 2.75) is 0 Å². The van der Waals surface area contributed by atoms with E-state index in [1.807, 2.05) is 17.5 Å². The van der Waals surface area contributed by atoms with E-state index in [1.165, 1.54) is 29.5 Å². The Kier molecular flexibility index (Phi) is 4.41. The van der Waals surface area contributed by atoms with E-state index in [0.717, 1.165) is 4.88 Å². The van der Waals surface area contributed by atoms with E-state index in [9.17, 15) is 9.18 Å². The van der Waals surface area contributed by atoms with Crippen LogP contribution in [0.2, 0.25) is 0 Å². The van der Waals surface area contributed by atoms with Gasteiger partial charge in [0, 0.05) is 21.9 Å². The fraction of sp³-hybridized carbons (Fsp3) is 0. The van der Waals surface area contributed by atoms with Crippen LogP contribution in [-0.4, -0.2) is 10.9 Å². The number of anilines is 1. The number of benzene rings is 1. The third kappa shape index (κ3) is 3.66. The number of amides is 1. The van der Waals surface area contributed by atoms with Gasteiger partial charge in [-0.2, -0.15) is 0 Å². The van der Waals surface area contributed by atoms with Crippen LogP contribution in [0.3, 0.4) is 0 Å². The van der Waals surface area contributed by atoms with Crippen molar-refractivity contribution >= 4 is 39.8 Å². The molecule has 0 atom stereocenters. The van der Waals surface area contributed by atoms with E-state index >= 15 is 0 Å². The average Bonchev–Trinajstić information content (AvgIpc) is 3.16. The number of halogens is 1. The summed E-state index contributed by atoms with van der Waals surface area (Å²) in [4.78, 5) is 17.1. The normalized spacial score (nSPS) is 11.0. The molecular weight excluding hydrogens is 319 g/mol. The third-order valence-electron chi connectivity index (χ3n) is 2.80. The van der Waals surface area contributed by atoms with Crippen molar-refractivity contribution in [1.29, 1.82) is 0 Å². The van der Waals surface area contributed by atoms with Crippen molar-refractivity contribution in [3.63, 3.8) is 0 Å². The Balaban J connectivity index is 1.68. The van der Waals surface area contributed by atoms with E-state index in [1.54, 1.807) is 34.9 Å². The van der Waals surface area contributed by atoms with Gasteiger partial charge in [0.2, 0.25) is 5.91 Å². The van der Waals surface area contributed by atoms with Gasteiger partial charge in [0.1, 0.15) is 5.82 Å². The molecule has 1 amide bonds. The summed E-state index contributed by atoms with van der Waals surface area (Å²) >= 11 is 2.86. The minimum absolute atomic E-state index is 0.242. The zero-order valence-corrected chi connectivity index (χ0v) is 13.0. The van der Waals surface area contributed by atoms with Crippen molar-refractivity contribution in [2.75, 3.05) is 5.32 Å². The van der Waals surface area contributed by atoms with Gasteiger partial charge in [-0.3, -0.25) is 10.1 Å². The molecule has 2 heterocycles. The van der Waals surface area contributed by atoms with Crippen LogP contribution in [0.4, 0.5) is 9.52 Å². The highest BCUT2D eigenvalue weighted by atomic mass is 32.1. The lowest BCUT2D eigenvalue weighted by atomic mass is 10.2. The summed E-state index contributed by atoms with van der Waals surface area (Å²) in [6, 6.07) is 10.1. The first-order valence-electron chi connectivity index (χ1n) is 6.45. The van der Waals surface area contributed by atoms with E-state index in [2.05, 4.69) is 10.3 Å². The Labute approximate surface area is 134 Å². The van der Waals surface area contributed by atoms with Crippen LogP contribution < -0.4 is 5.32 Å². The summed E-state index contributed by atoms with van der Waals surface area (Å²) in [6.45, 7) is 0. The van der Waals surface area contributed by atoms with E-state index in [0.29, 0.717) is 16.4 Å². The second kappa shape index (κ2) is 6.64. The molecule has 22 heavy (non-hydrogen) atoms. The number of nitrogens with zero attached hydrogens (tertiary/aromatic N) is 1. The Bertz CT molecular complexity index is 809. The fourth-order valence-corrected chi connectivity index (χ4v) is 3.14. The van der Waals surface area contributed by atoms with Crippen LogP contribution in [0, 0.1) is 5.82 Å². The molecule has 3 aromatic rings. The first-order chi connectivity index (χ1) is 10.7. The fourth-order valence-electron chi connectivity index (χ4n) is 1.80. The van der Waals surface area contributed by atoms with Crippen LogP contribution in [0.25, 0.3) is 17.3 Å². The molecule has 1 N–H and O–H groups in total. The van der Waals surface area contributed by atoms with Gasteiger partial charge in [-0.15, -0.1) is 22.7 Å². The molecule has 6 heteroatoms.